The summed E-state index contributed by atoms with van der Waals surface area (Å²) in [5, 5.41) is 3.30. The third kappa shape index (κ3) is 3.29. The minimum absolute atomic E-state index is 0.161. The van der Waals surface area contributed by atoms with Crippen LogP contribution in [0.5, 0.6) is 0 Å². The van der Waals surface area contributed by atoms with Crippen molar-refractivity contribution in [3.8, 4) is 0 Å². The molecule has 0 radical (unpaired) electrons. The molecule has 0 aliphatic carbocycles. The Bertz CT molecular complexity index is 606. The summed E-state index contributed by atoms with van der Waals surface area (Å²) in [6.07, 6.45) is 0. The van der Waals surface area contributed by atoms with E-state index in [2.05, 4.69) is 29.3 Å². The first-order chi connectivity index (χ1) is 9.47. The maximum absolute atomic E-state index is 13.7. The fourth-order valence-electron chi connectivity index (χ4n) is 2.15. The minimum atomic E-state index is -0.161. The molecule has 0 fully saturated rings. The van der Waals surface area contributed by atoms with Crippen molar-refractivity contribution in [2.45, 2.75) is 20.4 Å². The molecule has 3 heteroatoms. The molecule has 0 aromatic heterocycles. The van der Waals surface area contributed by atoms with Gasteiger partial charge in [-0.1, -0.05) is 17.7 Å². The van der Waals surface area contributed by atoms with Crippen molar-refractivity contribution in [1.29, 1.82) is 0 Å². The number of aryl methyl sites for hydroxylation is 2. The molecular weight excluding hydrogens is 251 g/mol. The Balaban J connectivity index is 2.13. The zero-order valence-electron chi connectivity index (χ0n) is 12.5. The second-order valence-electron chi connectivity index (χ2n) is 5.34. The zero-order valence-corrected chi connectivity index (χ0v) is 12.5. The van der Waals surface area contributed by atoms with E-state index < -0.39 is 0 Å². The topological polar surface area (TPSA) is 15.3 Å². The maximum Gasteiger partial charge on any atom is 0.128 e. The van der Waals surface area contributed by atoms with Gasteiger partial charge in [-0.15, -0.1) is 0 Å². The van der Waals surface area contributed by atoms with Crippen molar-refractivity contribution in [1.82, 2.24) is 0 Å². The molecule has 0 atom stereocenters. The number of hydrogen-bond acceptors (Lipinski definition) is 2. The van der Waals surface area contributed by atoms with Gasteiger partial charge < -0.3 is 10.2 Å². The Morgan fingerprint density at radius 2 is 1.80 bits per heavy atom. The summed E-state index contributed by atoms with van der Waals surface area (Å²) in [6, 6.07) is 11.4. The average Bonchev–Trinajstić information content (AvgIpc) is 2.40. The molecule has 1 N–H and O–H groups in total. The highest BCUT2D eigenvalue weighted by Crippen LogP contribution is 2.22. The first kappa shape index (κ1) is 14.4. The monoisotopic (exact) mass is 272 g/mol. The van der Waals surface area contributed by atoms with Crippen molar-refractivity contribution < 1.29 is 4.39 Å². The molecule has 2 nitrogen and oxygen atoms in total. The number of benzene rings is 2. The third-order valence-corrected chi connectivity index (χ3v) is 3.40. The minimum Gasteiger partial charge on any atom is -0.381 e. The van der Waals surface area contributed by atoms with E-state index in [1.807, 2.05) is 33.2 Å². The standard InChI is InChI=1S/C17H21FN2/c1-12-5-7-16(18)14(9-12)11-19-17-8-6-15(20(3)4)10-13(17)2/h5-10,19H,11H2,1-4H3. The van der Waals surface area contributed by atoms with Gasteiger partial charge in [0.15, 0.2) is 0 Å². The molecule has 0 bridgehead atoms. The lowest BCUT2D eigenvalue weighted by Crippen LogP contribution is -2.09. The summed E-state index contributed by atoms with van der Waals surface area (Å²) in [4.78, 5) is 2.07. The second-order valence-corrected chi connectivity index (χ2v) is 5.34. The Labute approximate surface area is 120 Å². The second kappa shape index (κ2) is 5.95. The molecule has 0 aliphatic heterocycles. The van der Waals surface area contributed by atoms with Gasteiger partial charge >= 0.3 is 0 Å². The molecular formula is C17H21FN2. The third-order valence-electron chi connectivity index (χ3n) is 3.40. The lowest BCUT2D eigenvalue weighted by atomic mass is 10.1. The molecule has 106 valence electrons. The molecule has 0 unspecified atom stereocenters. The lowest BCUT2D eigenvalue weighted by Gasteiger charge is -2.16. The molecule has 0 saturated carbocycles. The zero-order chi connectivity index (χ0) is 14.7. The fraction of sp³-hybridized carbons (Fsp3) is 0.294. The SMILES string of the molecule is Cc1ccc(F)c(CNc2ccc(N(C)C)cc2C)c1. The molecule has 0 aliphatic rings. The fourth-order valence-corrected chi connectivity index (χ4v) is 2.15. The van der Waals surface area contributed by atoms with Crippen molar-refractivity contribution in [2.75, 3.05) is 24.3 Å². The van der Waals surface area contributed by atoms with Gasteiger partial charge in [0, 0.05) is 37.6 Å². The number of nitrogens with zero attached hydrogens (tertiary/aromatic N) is 1. The van der Waals surface area contributed by atoms with E-state index >= 15 is 0 Å². The number of hydrogen-bond donors (Lipinski definition) is 1. The molecule has 0 amide bonds. The predicted molar refractivity (Wildman–Crippen MR) is 84.0 cm³/mol. The van der Waals surface area contributed by atoms with Crippen LogP contribution in [-0.4, -0.2) is 14.1 Å². The van der Waals surface area contributed by atoms with E-state index in [0.717, 1.165) is 22.5 Å². The smallest absolute Gasteiger partial charge is 0.128 e. The summed E-state index contributed by atoms with van der Waals surface area (Å²) in [6.45, 7) is 4.53. The van der Waals surface area contributed by atoms with Crippen molar-refractivity contribution in [2.24, 2.45) is 0 Å². The average molecular weight is 272 g/mol. The van der Waals surface area contributed by atoms with Crippen LogP contribution in [0.15, 0.2) is 36.4 Å². The van der Waals surface area contributed by atoms with Crippen LogP contribution in [0.4, 0.5) is 15.8 Å². The van der Waals surface area contributed by atoms with Gasteiger partial charge in [0.1, 0.15) is 5.82 Å². The van der Waals surface area contributed by atoms with Crippen LogP contribution >= 0.6 is 0 Å². The van der Waals surface area contributed by atoms with Crippen LogP contribution in [0.1, 0.15) is 16.7 Å². The predicted octanol–water partition coefficient (Wildman–Crippen LogP) is 4.12. The lowest BCUT2D eigenvalue weighted by molar-refractivity contribution is 0.612. The Hall–Kier alpha value is -2.03. The highest BCUT2D eigenvalue weighted by Gasteiger charge is 2.05. The normalized spacial score (nSPS) is 10.4. The first-order valence-electron chi connectivity index (χ1n) is 6.74. The van der Waals surface area contributed by atoms with Gasteiger partial charge in [-0.2, -0.15) is 0 Å². The molecule has 20 heavy (non-hydrogen) atoms. The highest BCUT2D eigenvalue weighted by atomic mass is 19.1. The molecule has 0 saturated heterocycles. The summed E-state index contributed by atoms with van der Waals surface area (Å²) in [5.74, 6) is -0.161. The summed E-state index contributed by atoms with van der Waals surface area (Å²) < 4.78 is 13.7. The van der Waals surface area contributed by atoms with Gasteiger partial charge in [-0.25, -0.2) is 4.39 Å². The Morgan fingerprint density at radius 3 is 2.45 bits per heavy atom. The highest BCUT2D eigenvalue weighted by molar-refractivity contribution is 5.59. The van der Waals surface area contributed by atoms with Crippen LogP contribution in [-0.2, 0) is 6.54 Å². The van der Waals surface area contributed by atoms with Gasteiger partial charge in [0.25, 0.3) is 0 Å². The van der Waals surface area contributed by atoms with E-state index in [-0.39, 0.29) is 5.82 Å². The molecule has 2 rings (SSSR count). The molecule has 2 aromatic rings. The van der Waals surface area contributed by atoms with Crippen LogP contribution in [0, 0.1) is 19.7 Å². The van der Waals surface area contributed by atoms with Crippen molar-refractivity contribution >= 4 is 11.4 Å². The van der Waals surface area contributed by atoms with Gasteiger partial charge in [-0.05, 0) is 43.7 Å². The number of anilines is 2. The molecule has 0 spiro atoms. The first-order valence-corrected chi connectivity index (χ1v) is 6.74. The maximum atomic E-state index is 13.7. The number of nitrogens with one attached hydrogen (secondary N) is 1. The van der Waals surface area contributed by atoms with Crippen molar-refractivity contribution in [3.63, 3.8) is 0 Å². The van der Waals surface area contributed by atoms with Gasteiger partial charge in [0.05, 0.1) is 0 Å². The summed E-state index contributed by atoms with van der Waals surface area (Å²) in [5.41, 5.74) is 5.12. The van der Waals surface area contributed by atoms with E-state index in [9.17, 15) is 4.39 Å². The largest absolute Gasteiger partial charge is 0.381 e. The van der Waals surface area contributed by atoms with E-state index in [0.29, 0.717) is 12.1 Å². The quantitative estimate of drug-likeness (QED) is 0.900. The molecule has 2 aromatic carbocycles. The van der Waals surface area contributed by atoms with Crippen LogP contribution in [0.2, 0.25) is 0 Å². The Kier molecular flexibility index (Phi) is 4.28. The van der Waals surface area contributed by atoms with Crippen LogP contribution in [0.25, 0.3) is 0 Å². The number of rotatable bonds is 4. The van der Waals surface area contributed by atoms with E-state index in [1.54, 1.807) is 6.07 Å². The van der Waals surface area contributed by atoms with E-state index in [4.69, 9.17) is 0 Å². The van der Waals surface area contributed by atoms with Gasteiger partial charge in [0.2, 0.25) is 0 Å². The number of halogens is 1. The van der Waals surface area contributed by atoms with Crippen LogP contribution in [0.3, 0.4) is 0 Å². The summed E-state index contributed by atoms with van der Waals surface area (Å²) >= 11 is 0. The molecule has 0 heterocycles. The summed E-state index contributed by atoms with van der Waals surface area (Å²) in [7, 11) is 4.04. The van der Waals surface area contributed by atoms with Crippen molar-refractivity contribution in [3.05, 3.63) is 58.9 Å². The Morgan fingerprint density at radius 1 is 1.05 bits per heavy atom. The van der Waals surface area contributed by atoms with E-state index in [1.165, 1.54) is 6.07 Å². The van der Waals surface area contributed by atoms with Crippen LogP contribution < -0.4 is 10.2 Å². The van der Waals surface area contributed by atoms with Gasteiger partial charge in [-0.3, -0.25) is 0 Å².